The zero-order valence-corrected chi connectivity index (χ0v) is 11.4. The molecule has 0 aliphatic heterocycles. The van der Waals surface area contributed by atoms with Crippen molar-refractivity contribution in [1.82, 2.24) is 15.2 Å². The number of carbonyl (C=O) groups excluding carboxylic acids is 1. The third-order valence-electron chi connectivity index (χ3n) is 3.00. The number of hydrogen-bond acceptors (Lipinski definition) is 5. The van der Waals surface area contributed by atoms with Crippen molar-refractivity contribution in [3.8, 4) is 0 Å². The highest BCUT2D eigenvalue weighted by atomic mass is 16.1. The molecule has 1 amide bonds. The summed E-state index contributed by atoms with van der Waals surface area (Å²) < 4.78 is 0. The molecule has 2 aromatic heterocycles. The van der Waals surface area contributed by atoms with E-state index >= 15 is 0 Å². The minimum Gasteiger partial charge on any atom is -0.372 e. The molecule has 0 aliphatic carbocycles. The van der Waals surface area contributed by atoms with Crippen molar-refractivity contribution in [2.45, 2.75) is 0 Å². The lowest BCUT2D eigenvalue weighted by atomic mass is 10.2. The molecule has 0 saturated carbocycles. The average molecular weight is 279 g/mol. The molecule has 6 heteroatoms. The van der Waals surface area contributed by atoms with Gasteiger partial charge in [0.15, 0.2) is 5.69 Å². The van der Waals surface area contributed by atoms with Gasteiger partial charge in [-0.2, -0.15) is 0 Å². The third kappa shape index (κ3) is 2.79. The summed E-state index contributed by atoms with van der Waals surface area (Å²) in [5.74, 6) is 0.293. The predicted molar refractivity (Wildman–Crippen MR) is 81.3 cm³/mol. The van der Waals surface area contributed by atoms with Gasteiger partial charge in [0.05, 0.1) is 17.4 Å². The van der Waals surface area contributed by atoms with Gasteiger partial charge in [-0.3, -0.25) is 9.78 Å². The predicted octanol–water partition coefficient (Wildman–Crippen LogP) is 2.32. The maximum absolute atomic E-state index is 12.1. The van der Waals surface area contributed by atoms with E-state index in [-0.39, 0.29) is 11.6 Å². The molecule has 0 saturated heterocycles. The van der Waals surface area contributed by atoms with Crippen LogP contribution in [0.4, 0.5) is 11.5 Å². The molecular weight excluding hydrogens is 266 g/mol. The van der Waals surface area contributed by atoms with Crippen LogP contribution in [-0.4, -0.2) is 28.1 Å². The molecular formula is C15H13N5O. The lowest BCUT2D eigenvalue weighted by Crippen LogP contribution is -2.14. The first-order valence-electron chi connectivity index (χ1n) is 6.44. The van der Waals surface area contributed by atoms with Crippen molar-refractivity contribution >= 4 is 28.3 Å². The average Bonchev–Trinajstić information content (AvgIpc) is 2.55. The van der Waals surface area contributed by atoms with Gasteiger partial charge in [0, 0.05) is 12.4 Å². The van der Waals surface area contributed by atoms with Crippen LogP contribution in [0, 0.1) is 0 Å². The van der Waals surface area contributed by atoms with Crippen molar-refractivity contribution in [3.05, 3.63) is 54.4 Å². The summed E-state index contributed by atoms with van der Waals surface area (Å²) in [5.41, 5.74) is 1.76. The van der Waals surface area contributed by atoms with Crippen LogP contribution < -0.4 is 10.6 Å². The highest BCUT2D eigenvalue weighted by Crippen LogP contribution is 2.16. The molecule has 0 bridgehead atoms. The Morgan fingerprint density at radius 3 is 2.71 bits per heavy atom. The number of amides is 1. The first-order chi connectivity index (χ1) is 10.3. The quantitative estimate of drug-likeness (QED) is 0.769. The van der Waals surface area contributed by atoms with Crippen LogP contribution in [0.5, 0.6) is 0 Å². The van der Waals surface area contributed by atoms with E-state index in [0.717, 1.165) is 10.9 Å². The molecule has 3 rings (SSSR count). The van der Waals surface area contributed by atoms with Crippen molar-refractivity contribution < 1.29 is 4.79 Å². The van der Waals surface area contributed by atoms with Gasteiger partial charge in [0.1, 0.15) is 5.82 Å². The largest absolute Gasteiger partial charge is 0.372 e. The van der Waals surface area contributed by atoms with Crippen LogP contribution >= 0.6 is 0 Å². The summed E-state index contributed by atoms with van der Waals surface area (Å²) in [6.07, 6.45) is 1.62. The Hall–Kier alpha value is -3.02. The molecule has 0 aliphatic rings. The molecule has 0 spiro atoms. The van der Waals surface area contributed by atoms with Gasteiger partial charge in [0.2, 0.25) is 0 Å². The monoisotopic (exact) mass is 279 g/mol. The normalized spacial score (nSPS) is 10.3. The maximum atomic E-state index is 12.1. The van der Waals surface area contributed by atoms with E-state index in [1.807, 2.05) is 30.3 Å². The molecule has 3 aromatic rings. The summed E-state index contributed by atoms with van der Waals surface area (Å²) >= 11 is 0. The topological polar surface area (TPSA) is 79.8 Å². The summed E-state index contributed by atoms with van der Waals surface area (Å²) in [5, 5.41) is 14.3. The molecule has 0 radical (unpaired) electrons. The van der Waals surface area contributed by atoms with Gasteiger partial charge in [-0.15, -0.1) is 10.2 Å². The minimum atomic E-state index is -0.317. The number of benzene rings is 1. The number of nitrogens with zero attached hydrogens (tertiary/aromatic N) is 3. The van der Waals surface area contributed by atoms with E-state index in [9.17, 15) is 4.79 Å². The molecule has 21 heavy (non-hydrogen) atoms. The summed E-state index contributed by atoms with van der Waals surface area (Å²) in [4.78, 5) is 16.4. The smallest absolute Gasteiger partial charge is 0.276 e. The Balaban J connectivity index is 1.81. The van der Waals surface area contributed by atoms with E-state index in [0.29, 0.717) is 11.5 Å². The number of pyridine rings is 1. The summed E-state index contributed by atoms with van der Waals surface area (Å²) in [7, 11) is 1.74. The zero-order valence-electron chi connectivity index (χ0n) is 11.4. The van der Waals surface area contributed by atoms with Crippen molar-refractivity contribution in [2.75, 3.05) is 17.7 Å². The van der Waals surface area contributed by atoms with Gasteiger partial charge in [-0.05, 0) is 24.3 Å². The maximum Gasteiger partial charge on any atom is 0.276 e. The minimum absolute atomic E-state index is 0.252. The SMILES string of the molecule is CNc1ccc(C(=O)Nc2cnc3ccccc3c2)nn1. The second kappa shape index (κ2) is 5.54. The molecule has 104 valence electrons. The number of nitrogens with one attached hydrogen (secondary N) is 2. The molecule has 6 nitrogen and oxygen atoms in total. The van der Waals surface area contributed by atoms with Crippen molar-refractivity contribution in [1.29, 1.82) is 0 Å². The highest BCUT2D eigenvalue weighted by molar-refractivity contribution is 6.03. The third-order valence-corrected chi connectivity index (χ3v) is 3.00. The fourth-order valence-electron chi connectivity index (χ4n) is 1.92. The number of aromatic nitrogens is 3. The van der Waals surface area contributed by atoms with Gasteiger partial charge in [-0.1, -0.05) is 18.2 Å². The first kappa shape index (κ1) is 13.0. The molecule has 1 aromatic carbocycles. The Kier molecular flexibility index (Phi) is 3.42. The lowest BCUT2D eigenvalue weighted by molar-refractivity contribution is 0.102. The standard InChI is InChI=1S/C15H13N5O/c1-16-14-7-6-13(19-20-14)15(21)18-11-8-10-4-2-3-5-12(10)17-9-11/h2-9H,1H3,(H,16,20)(H,18,21). The Bertz CT molecular complexity index is 785. The van der Waals surface area contributed by atoms with Gasteiger partial charge < -0.3 is 10.6 Å². The van der Waals surface area contributed by atoms with Crippen LogP contribution in [0.1, 0.15) is 10.5 Å². The Morgan fingerprint density at radius 1 is 1.10 bits per heavy atom. The lowest BCUT2D eigenvalue weighted by Gasteiger charge is -2.05. The molecule has 2 heterocycles. The van der Waals surface area contributed by atoms with Crippen LogP contribution in [0.15, 0.2) is 48.7 Å². The second-order valence-corrected chi connectivity index (χ2v) is 4.42. The van der Waals surface area contributed by atoms with Crippen molar-refractivity contribution in [3.63, 3.8) is 0 Å². The number of anilines is 2. The fraction of sp³-hybridized carbons (Fsp3) is 0.0667. The first-order valence-corrected chi connectivity index (χ1v) is 6.44. The van der Waals surface area contributed by atoms with Gasteiger partial charge >= 0.3 is 0 Å². The van der Waals surface area contributed by atoms with E-state index in [1.165, 1.54) is 0 Å². The molecule has 0 unspecified atom stereocenters. The number of fused-ring (bicyclic) bond motifs is 1. The highest BCUT2D eigenvalue weighted by Gasteiger charge is 2.09. The number of hydrogen-bond donors (Lipinski definition) is 2. The van der Waals surface area contributed by atoms with Gasteiger partial charge in [0.25, 0.3) is 5.91 Å². The Labute approximate surface area is 121 Å². The zero-order chi connectivity index (χ0) is 14.7. The van der Waals surface area contributed by atoms with Crippen LogP contribution in [0.3, 0.4) is 0 Å². The number of para-hydroxylation sites is 1. The molecule has 2 N–H and O–H groups in total. The number of carbonyl (C=O) groups is 1. The van der Waals surface area contributed by atoms with Crippen LogP contribution in [0.25, 0.3) is 10.9 Å². The summed E-state index contributed by atoms with van der Waals surface area (Å²) in [6.45, 7) is 0. The van der Waals surface area contributed by atoms with E-state index in [4.69, 9.17) is 0 Å². The van der Waals surface area contributed by atoms with Gasteiger partial charge in [-0.25, -0.2) is 0 Å². The molecule has 0 fully saturated rings. The van der Waals surface area contributed by atoms with E-state index < -0.39 is 0 Å². The Morgan fingerprint density at radius 2 is 1.95 bits per heavy atom. The van der Waals surface area contributed by atoms with Crippen molar-refractivity contribution in [2.24, 2.45) is 0 Å². The second-order valence-electron chi connectivity index (χ2n) is 4.42. The van der Waals surface area contributed by atoms with Crippen LogP contribution in [0.2, 0.25) is 0 Å². The van der Waals surface area contributed by atoms with Crippen LogP contribution in [-0.2, 0) is 0 Å². The number of rotatable bonds is 3. The molecule has 0 atom stereocenters. The van der Waals surface area contributed by atoms with E-state index in [2.05, 4.69) is 25.8 Å². The fourth-order valence-corrected chi connectivity index (χ4v) is 1.92. The summed E-state index contributed by atoms with van der Waals surface area (Å²) in [6, 6.07) is 12.9. The van der Waals surface area contributed by atoms with E-state index in [1.54, 1.807) is 25.4 Å².